The lowest BCUT2D eigenvalue weighted by molar-refractivity contribution is -0.385. The van der Waals surface area contributed by atoms with E-state index in [1.165, 1.54) is 6.07 Å². The molecule has 9 nitrogen and oxygen atoms in total. The van der Waals surface area contributed by atoms with Crippen LogP contribution in [0.3, 0.4) is 0 Å². The Hall–Kier alpha value is -3.49. The van der Waals surface area contributed by atoms with Crippen molar-refractivity contribution >= 4 is 11.6 Å². The van der Waals surface area contributed by atoms with E-state index in [0.717, 1.165) is 5.56 Å². The number of aliphatic imine (C=N–C) groups is 1. The fourth-order valence-corrected chi connectivity index (χ4v) is 2.76. The molecule has 2 aromatic carbocycles. The number of nitrogens with zero attached hydrogens (tertiary/aromatic N) is 2. The van der Waals surface area contributed by atoms with E-state index in [2.05, 4.69) is 15.6 Å². The molecule has 0 aliphatic heterocycles. The smallest absolute Gasteiger partial charge is 0.274 e. The number of guanidine groups is 1. The van der Waals surface area contributed by atoms with Crippen LogP contribution in [0.1, 0.15) is 18.1 Å². The molecule has 29 heavy (non-hydrogen) atoms. The monoisotopic (exact) mass is 402 g/mol. The Kier molecular flexibility index (Phi) is 8.08. The van der Waals surface area contributed by atoms with Crippen molar-refractivity contribution < 1.29 is 19.1 Å². The van der Waals surface area contributed by atoms with Crippen LogP contribution in [-0.4, -0.2) is 38.8 Å². The fourth-order valence-electron chi connectivity index (χ4n) is 2.76. The van der Waals surface area contributed by atoms with Gasteiger partial charge in [0.1, 0.15) is 0 Å². The van der Waals surface area contributed by atoms with E-state index in [9.17, 15) is 10.1 Å². The van der Waals surface area contributed by atoms with Gasteiger partial charge in [0.25, 0.3) is 5.69 Å². The van der Waals surface area contributed by atoms with Crippen LogP contribution in [-0.2, 0) is 13.1 Å². The minimum absolute atomic E-state index is 0.0699. The van der Waals surface area contributed by atoms with E-state index in [1.54, 1.807) is 39.5 Å². The van der Waals surface area contributed by atoms with E-state index in [4.69, 9.17) is 14.2 Å². The van der Waals surface area contributed by atoms with Gasteiger partial charge in [0.15, 0.2) is 17.5 Å². The minimum Gasteiger partial charge on any atom is -0.493 e. The van der Waals surface area contributed by atoms with Crippen LogP contribution in [0.25, 0.3) is 0 Å². The Labute approximate surface area is 169 Å². The second kappa shape index (κ2) is 10.7. The summed E-state index contributed by atoms with van der Waals surface area (Å²) in [4.78, 5) is 15.3. The molecular weight excluding hydrogens is 376 g/mol. The van der Waals surface area contributed by atoms with E-state index >= 15 is 0 Å². The van der Waals surface area contributed by atoms with Crippen LogP contribution in [0, 0.1) is 10.1 Å². The quantitative estimate of drug-likeness (QED) is 0.287. The number of para-hydroxylation sites is 1. The first kappa shape index (κ1) is 21.8. The Balaban J connectivity index is 2.18. The lowest BCUT2D eigenvalue weighted by Gasteiger charge is -2.14. The summed E-state index contributed by atoms with van der Waals surface area (Å²) in [6, 6.07) is 10.3. The largest absolute Gasteiger partial charge is 0.493 e. The topological polar surface area (TPSA) is 107 Å². The molecule has 0 atom stereocenters. The zero-order valence-electron chi connectivity index (χ0n) is 17.0. The molecule has 0 saturated carbocycles. The van der Waals surface area contributed by atoms with Crippen molar-refractivity contribution in [2.75, 3.05) is 27.9 Å². The van der Waals surface area contributed by atoms with E-state index < -0.39 is 4.92 Å². The summed E-state index contributed by atoms with van der Waals surface area (Å²) in [5.74, 6) is 2.16. The van der Waals surface area contributed by atoms with Crippen LogP contribution in [0.15, 0.2) is 41.4 Å². The third kappa shape index (κ3) is 5.74. The molecule has 0 fully saturated rings. The highest BCUT2D eigenvalue weighted by molar-refractivity contribution is 5.79. The van der Waals surface area contributed by atoms with Crippen molar-refractivity contribution in [3.8, 4) is 17.2 Å². The van der Waals surface area contributed by atoms with Gasteiger partial charge in [-0.05, 0) is 24.6 Å². The Morgan fingerprint density at radius 3 is 2.28 bits per heavy atom. The molecular formula is C20H26N4O5. The molecule has 0 radical (unpaired) electrons. The van der Waals surface area contributed by atoms with Crippen LogP contribution in [0.4, 0.5) is 5.69 Å². The number of benzene rings is 2. The number of nitrogens with one attached hydrogen (secondary N) is 2. The second-order valence-electron chi connectivity index (χ2n) is 5.97. The summed E-state index contributed by atoms with van der Waals surface area (Å²) in [6.45, 7) is 3.22. The number of methoxy groups -OCH3 is 3. The first-order valence-electron chi connectivity index (χ1n) is 9.07. The highest BCUT2D eigenvalue weighted by atomic mass is 16.6. The van der Waals surface area contributed by atoms with Crippen LogP contribution in [0.2, 0.25) is 0 Å². The molecule has 0 amide bonds. The standard InChI is InChI=1S/C20H26N4O5/c1-5-21-20(23-13-15-8-6-7-9-16(15)24(25)26)22-12-14-10-17(27-2)19(29-4)18(11-14)28-3/h6-11H,5,12-13H2,1-4H3,(H2,21,22,23). The van der Waals surface area contributed by atoms with Gasteiger partial charge in [0.2, 0.25) is 5.75 Å². The highest BCUT2D eigenvalue weighted by Crippen LogP contribution is 2.38. The Morgan fingerprint density at radius 1 is 1.07 bits per heavy atom. The molecule has 0 unspecified atom stereocenters. The molecule has 0 aromatic heterocycles. The van der Waals surface area contributed by atoms with Gasteiger partial charge in [-0.15, -0.1) is 0 Å². The van der Waals surface area contributed by atoms with Crippen molar-refractivity contribution in [3.05, 3.63) is 57.6 Å². The highest BCUT2D eigenvalue weighted by Gasteiger charge is 2.14. The van der Waals surface area contributed by atoms with Crippen LogP contribution >= 0.6 is 0 Å². The molecule has 0 aliphatic rings. The first-order chi connectivity index (χ1) is 14.0. The van der Waals surface area contributed by atoms with Gasteiger partial charge < -0.3 is 24.8 Å². The molecule has 2 N–H and O–H groups in total. The van der Waals surface area contributed by atoms with Gasteiger partial charge >= 0.3 is 0 Å². The Bertz CT molecular complexity index is 845. The van der Waals surface area contributed by atoms with Gasteiger partial charge in [-0.2, -0.15) is 0 Å². The number of ether oxygens (including phenoxy) is 3. The van der Waals surface area contributed by atoms with Crippen molar-refractivity contribution in [2.45, 2.75) is 20.0 Å². The van der Waals surface area contributed by atoms with E-state index in [1.807, 2.05) is 19.1 Å². The lowest BCUT2D eigenvalue weighted by Crippen LogP contribution is -2.36. The number of nitro groups is 1. The molecule has 2 aromatic rings. The average Bonchev–Trinajstić information content (AvgIpc) is 2.74. The molecule has 2 rings (SSSR count). The van der Waals surface area contributed by atoms with Crippen molar-refractivity contribution in [1.29, 1.82) is 0 Å². The van der Waals surface area contributed by atoms with Gasteiger partial charge in [-0.1, -0.05) is 18.2 Å². The Morgan fingerprint density at radius 2 is 1.72 bits per heavy atom. The minimum atomic E-state index is -0.392. The van der Waals surface area contributed by atoms with Crippen LogP contribution < -0.4 is 24.8 Å². The zero-order chi connectivity index (χ0) is 21.2. The van der Waals surface area contributed by atoms with Gasteiger partial charge in [-0.3, -0.25) is 10.1 Å². The molecule has 0 heterocycles. The maximum Gasteiger partial charge on any atom is 0.274 e. The predicted octanol–water partition coefficient (Wildman–Crippen LogP) is 2.88. The second-order valence-corrected chi connectivity index (χ2v) is 5.97. The zero-order valence-corrected chi connectivity index (χ0v) is 17.0. The van der Waals surface area contributed by atoms with Crippen molar-refractivity contribution in [1.82, 2.24) is 10.6 Å². The maximum atomic E-state index is 11.2. The number of hydrogen-bond acceptors (Lipinski definition) is 6. The summed E-state index contributed by atoms with van der Waals surface area (Å²) >= 11 is 0. The van der Waals surface area contributed by atoms with Crippen LogP contribution in [0.5, 0.6) is 17.2 Å². The summed E-state index contributed by atoms with van der Waals surface area (Å²) in [6.07, 6.45) is 0. The molecule has 0 spiro atoms. The summed E-state index contributed by atoms with van der Waals surface area (Å²) in [5, 5.41) is 17.4. The number of rotatable bonds is 9. The normalized spacial score (nSPS) is 11.0. The van der Waals surface area contributed by atoms with Gasteiger partial charge in [0, 0.05) is 24.7 Å². The lowest BCUT2D eigenvalue weighted by atomic mass is 10.2. The average molecular weight is 402 g/mol. The number of hydrogen-bond donors (Lipinski definition) is 2. The van der Waals surface area contributed by atoms with Crippen molar-refractivity contribution in [2.24, 2.45) is 4.99 Å². The third-order valence-corrected chi connectivity index (χ3v) is 4.12. The molecule has 156 valence electrons. The van der Waals surface area contributed by atoms with Gasteiger partial charge in [0.05, 0.1) is 32.8 Å². The third-order valence-electron chi connectivity index (χ3n) is 4.12. The van der Waals surface area contributed by atoms with Gasteiger partial charge in [-0.25, -0.2) is 4.99 Å². The van der Waals surface area contributed by atoms with E-state index in [0.29, 0.717) is 41.9 Å². The summed E-state index contributed by atoms with van der Waals surface area (Å²) in [5.41, 5.74) is 1.51. The fraction of sp³-hybridized carbons (Fsp3) is 0.350. The SMILES string of the molecule is CCNC(=NCc1cc(OC)c(OC)c(OC)c1)NCc1ccccc1[N+](=O)[O-]. The molecule has 0 aliphatic carbocycles. The predicted molar refractivity (Wildman–Crippen MR) is 111 cm³/mol. The number of nitro benzene ring substituents is 1. The summed E-state index contributed by atoms with van der Waals surface area (Å²) in [7, 11) is 4.67. The molecule has 9 heteroatoms. The molecule has 0 bridgehead atoms. The van der Waals surface area contributed by atoms with Crippen molar-refractivity contribution in [3.63, 3.8) is 0 Å². The first-order valence-corrected chi connectivity index (χ1v) is 9.07. The van der Waals surface area contributed by atoms with E-state index in [-0.39, 0.29) is 12.2 Å². The maximum absolute atomic E-state index is 11.2. The summed E-state index contributed by atoms with van der Waals surface area (Å²) < 4.78 is 16.1. The molecule has 0 saturated heterocycles.